The van der Waals surface area contributed by atoms with Crippen molar-refractivity contribution in [1.29, 1.82) is 0 Å². The summed E-state index contributed by atoms with van der Waals surface area (Å²) in [6.07, 6.45) is 3.30. The number of nitrogens with zero attached hydrogens (tertiary/aromatic N) is 3. The molecule has 29 heavy (non-hydrogen) atoms. The fourth-order valence-corrected chi connectivity index (χ4v) is 3.14. The number of hydrogen-bond donors (Lipinski definition) is 2. The highest BCUT2D eigenvalue weighted by atomic mass is 16.2. The van der Waals surface area contributed by atoms with Gasteiger partial charge in [-0.3, -0.25) is 14.0 Å². The summed E-state index contributed by atoms with van der Waals surface area (Å²) in [6.45, 7) is 9.95. The minimum atomic E-state index is -0.368. The van der Waals surface area contributed by atoms with Gasteiger partial charge in [-0.2, -0.15) is 0 Å². The van der Waals surface area contributed by atoms with E-state index in [0.717, 1.165) is 18.8 Å². The van der Waals surface area contributed by atoms with E-state index in [4.69, 9.17) is 0 Å². The smallest absolute Gasteiger partial charge is 0.287 e. The number of aromatic nitrogens is 2. The molecule has 0 atom stereocenters. The third-order valence-corrected chi connectivity index (χ3v) is 4.63. The summed E-state index contributed by atoms with van der Waals surface area (Å²) >= 11 is 0. The number of nitrogens with one attached hydrogen (secondary N) is 2. The first-order valence-corrected chi connectivity index (χ1v) is 9.61. The second kappa shape index (κ2) is 9.05. The molecule has 7 nitrogen and oxygen atoms in total. The predicted molar refractivity (Wildman–Crippen MR) is 116 cm³/mol. The van der Waals surface area contributed by atoms with Crippen LogP contribution in [0.3, 0.4) is 0 Å². The van der Waals surface area contributed by atoms with Crippen LogP contribution in [0.1, 0.15) is 35.0 Å². The van der Waals surface area contributed by atoms with Gasteiger partial charge in [-0.05, 0) is 50.2 Å². The van der Waals surface area contributed by atoms with Gasteiger partial charge in [0.25, 0.3) is 11.8 Å². The van der Waals surface area contributed by atoms with Crippen LogP contribution < -0.4 is 15.5 Å². The predicted octanol–water partition coefficient (Wildman–Crippen LogP) is 3.35. The molecule has 2 amide bonds. The highest BCUT2D eigenvalue weighted by molar-refractivity contribution is 6.09. The Kier molecular flexibility index (Phi) is 6.29. The molecule has 2 heterocycles. The maximum Gasteiger partial charge on any atom is 0.287 e. The molecule has 0 aliphatic rings. The minimum absolute atomic E-state index is 0.157. The molecule has 3 rings (SSSR count). The van der Waals surface area contributed by atoms with Gasteiger partial charge in [-0.25, -0.2) is 4.98 Å². The van der Waals surface area contributed by atoms with Crippen LogP contribution in [0.15, 0.2) is 61.3 Å². The molecule has 3 aromatic rings. The molecule has 0 bridgehead atoms. The zero-order valence-corrected chi connectivity index (χ0v) is 16.7. The maximum absolute atomic E-state index is 12.9. The fraction of sp³-hybridized carbons (Fsp3) is 0.227. The van der Waals surface area contributed by atoms with Crippen molar-refractivity contribution < 1.29 is 9.59 Å². The third kappa shape index (κ3) is 4.29. The van der Waals surface area contributed by atoms with Crippen LogP contribution >= 0.6 is 0 Å². The lowest BCUT2D eigenvalue weighted by Gasteiger charge is -2.21. The van der Waals surface area contributed by atoms with Crippen LogP contribution in [-0.2, 0) is 0 Å². The quantitative estimate of drug-likeness (QED) is 0.577. The summed E-state index contributed by atoms with van der Waals surface area (Å²) in [7, 11) is 0. The minimum Gasteiger partial charge on any atom is -0.372 e. The second-order valence-electron chi connectivity index (χ2n) is 6.41. The first-order valence-electron chi connectivity index (χ1n) is 9.61. The molecule has 2 aromatic heterocycles. The van der Waals surface area contributed by atoms with E-state index in [1.54, 1.807) is 34.9 Å². The van der Waals surface area contributed by atoms with Gasteiger partial charge < -0.3 is 15.5 Å². The van der Waals surface area contributed by atoms with Gasteiger partial charge in [-0.15, -0.1) is 6.58 Å². The van der Waals surface area contributed by atoms with Gasteiger partial charge in [0.2, 0.25) is 5.82 Å². The molecule has 1 aromatic carbocycles. The summed E-state index contributed by atoms with van der Waals surface area (Å²) in [5.74, 6) is -0.578. The molecular weight excluding hydrogens is 366 g/mol. The summed E-state index contributed by atoms with van der Waals surface area (Å²) < 4.78 is 1.61. The van der Waals surface area contributed by atoms with Crippen molar-refractivity contribution >= 4 is 28.7 Å². The van der Waals surface area contributed by atoms with Crippen molar-refractivity contribution in [3.05, 3.63) is 72.8 Å². The van der Waals surface area contributed by atoms with Gasteiger partial charge in [0, 0.05) is 37.2 Å². The van der Waals surface area contributed by atoms with Gasteiger partial charge in [0.15, 0.2) is 5.69 Å². The van der Waals surface area contributed by atoms with Crippen LogP contribution in [0.2, 0.25) is 0 Å². The van der Waals surface area contributed by atoms with Gasteiger partial charge >= 0.3 is 0 Å². The SMILES string of the molecule is C=CCNC(=O)c1nc(C(=O)Nc2ccc(N(CC)CC)cc2)c2ccccn12. The van der Waals surface area contributed by atoms with Crippen LogP contribution in [0, 0.1) is 0 Å². The Hall–Kier alpha value is -3.61. The zero-order valence-electron chi connectivity index (χ0n) is 16.7. The number of benzene rings is 1. The largest absolute Gasteiger partial charge is 0.372 e. The Morgan fingerprint density at radius 2 is 1.83 bits per heavy atom. The van der Waals surface area contributed by atoms with Crippen molar-refractivity contribution in [2.75, 3.05) is 29.9 Å². The lowest BCUT2D eigenvalue weighted by Crippen LogP contribution is -2.25. The lowest BCUT2D eigenvalue weighted by atomic mass is 10.2. The number of imidazole rings is 1. The topological polar surface area (TPSA) is 78.7 Å². The van der Waals surface area contributed by atoms with Gasteiger partial charge in [-0.1, -0.05) is 12.1 Å². The van der Waals surface area contributed by atoms with Crippen molar-refractivity contribution in [2.45, 2.75) is 13.8 Å². The normalized spacial score (nSPS) is 10.6. The van der Waals surface area contributed by atoms with Crippen molar-refractivity contribution in [3.63, 3.8) is 0 Å². The van der Waals surface area contributed by atoms with Crippen LogP contribution in [0.4, 0.5) is 11.4 Å². The van der Waals surface area contributed by atoms with Crippen LogP contribution in [-0.4, -0.2) is 40.8 Å². The first-order chi connectivity index (χ1) is 14.1. The van der Waals surface area contributed by atoms with Crippen LogP contribution in [0.5, 0.6) is 0 Å². The number of fused-ring (bicyclic) bond motifs is 1. The Bertz CT molecular complexity index is 1020. The van der Waals surface area contributed by atoms with Crippen LogP contribution in [0.25, 0.3) is 5.52 Å². The van der Waals surface area contributed by atoms with Crippen molar-refractivity contribution in [1.82, 2.24) is 14.7 Å². The van der Waals surface area contributed by atoms with E-state index in [1.165, 1.54) is 0 Å². The van der Waals surface area contributed by atoms with E-state index >= 15 is 0 Å². The molecule has 0 fully saturated rings. The summed E-state index contributed by atoms with van der Waals surface area (Å²) in [5, 5.41) is 5.56. The standard InChI is InChI=1S/C22H25N5O2/c1-4-14-23-22(29)20-25-19(18-9-7-8-15-27(18)20)21(28)24-16-10-12-17(13-11-16)26(5-2)6-3/h4,7-13,15H,1,5-6,14H2,2-3H3,(H,23,29)(H,24,28). The molecule has 0 radical (unpaired) electrons. The van der Waals surface area contributed by atoms with Crippen molar-refractivity contribution in [3.8, 4) is 0 Å². The molecule has 2 N–H and O–H groups in total. The molecule has 0 aliphatic carbocycles. The van der Waals surface area contributed by atoms with E-state index in [1.807, 2.05) is 24.3 Å². The number of carbonyl (C=O) groups excluding carboxylic acids is 2. The zero-order chi connectivity index (χ0) is 20.8. The van der Waals surface area contributed by atoms with E-state index in [9.17, 15) is 9.59 Å². The Balaban J connectivity index is 1.86. The van der Waals surface area contributed by atoms with Crippen molar-refractivity contribution in [2.24, 2.45) is 0 Å². The monoisotopic (exact) mass is 391 g/mol. The number of hydrogen-bond acceptors (Lipinski definition) is 4. The molecule has 0 spiro atoms. The maximum atomic E-state index is 12.9. The molecule has 0 aliphatic heterocycles. The molecule has 0 saturated heterocycles. The summed E-state index contributed by atoms with van der Waals surface area (Å²) in [6, 6.07) is 13.0. The number of carbonyl (C=O) groups is 2. The lowest BCUT2D eigenvalue weighted by molar-refractivity contribution is 0.0947. The van der Waals surface area contributed by atoms with Gasteiger partial charge in [0.1, 0.15) is 0 Å². The van der Waals surface area contributed by atoms with E-state index in [-0.39, 0.29) is 23.3 Å². The van der Waals surface area contributed by atoms with E-state index in [2.05, 4.69) is 40.9 Å². The summed E-state index contributed by atoms with van der Waals surface area (Å²) in [5.41, 5.74) is 2.53. The Labute approximate surface area is 170 Å². The number of pyridine rings is 1. The molecule has 7 heteroatoms. The highest BCUT2D eigenvalue weighted by Gasteiger charge is 2.21. The Morgan fingerprint density at radius 1 is 1.10 bits per heavy atom. The van der Waals surface area contributed by atoms with E-state index in [0.29, 0.717) is 17.7 Å². The third-order valence-electron chi connectivity index (χ3n) is 4.63. The molecule has 0 unspecified atom stereocenters. The second-order valence-corrected chi connectivity index (χ2v) is 6.41. The average molecular weight is 391 g/mol. The fourth-order valence-electron chi connectivity index (χ4n) is 3.14. The molecule has 0 saturated carbocycles. The number of rotatable bonds is 8. The summed E-state index contributed by atoms with van der Waals surface area (Å²) in [4.78, 5) is 31.8. The first kappa shape index (κ1) is 20.1. The highest BCUT2D eigenvalue weighted by Crippen LogP contribution is 2.20. The molecular formula is C22H25N5O2. The van der Waals surface area contributed by atoms with Gasteiger partial charge in [0.05, 0.1) is 5.52 Å². The Morgan fingerprint density at radius 3 is 2.48 bits per heavy atom. The molecule has 150 valence electrons. The average Bonchev–Trinajstić information content (AvgIpc) is 3.14. The van der Waals surface area contributed by atoms with E-state index < -0.39 is 0 Å². The number of anilines is 2. The number of amides is 2.